The van der Waals surface area contributed by atoms with E-state index in [1.165, 1.54) is 0 Å². The predicted molar refractivity (Wildman–Crippen MR) is 114 cm³/mol. The molecule has 25 heavy (non-hydrogen) atoms. The number of nitrogens with one attached hydrogen (secondary N) is 2. The van der Waals surface area contributed by atoms with Crippen LogP contribution >= 0.6 is 35.6 Å². The van der Waals surface area contributed by atoms with E-state index < -0.39 is 0 Å². The fraction of sp³-hybridized carbons (Fsp3) is 0.611. The standard InChI is InChI=1S/C18H28ClN3O2.HI/c1-2-20-18(22-12-15-4-6-17(19)7-5-15)21-9-3-10-23-13-16-8-11-24-14-16;/h4-7,16H,2-3,8-14H2,1H3,(H2,20,21,22);1H. The molecule has 1 aromatic rings. The first kappa shape index (κ1) is 22.5. The molecule has 2 N–H and O–H groups in total. The molecule has 0 bridgehead atoms. The minimum Gasteiger partial charge on any atom is -0.381 e. The van der Waals surface area contributed by atoms with Gasteiger partial charge in [-0.25, -0.2) is 4.99 Å². The van der Waals surface area contributed by atoms with Gasteiger partial charge < -0.3 is 20.1 Å². The Morgan fingerprint density at radius 1 is 1.32 bits per heavy atom. The Morgan fingerprint density at radius 3 is 2.80 bits per heavy atom. The quantitative estimate of drug-likeness (QED) is 0.245. The summed E-state index contributed by atoms with van der Waals surface area (Å²) in [5.74, 6) is 1.41. The molecule has 0 aromatic heterocycles. The molecule has 1 unspecified atom stereocenters. The molecule has 0 radical (unpaired) electrons. The maximum atomic E-state index is 5.90. The largest absolute Gasteiger partial charge is 0.381 e. The number of nitrogens with zero attached hydrogens (tertiary/aromatic N) is 1. The Hall–Kier alpha value is -0.570. The second kappa shape index (κ2) is 13.6. The van der Waals surface area contributed by atoms with Crippen molar-refractivity contribution < 1.29 is 9.47 Å². The lowest BCUT2D eigenvalue weighted by molar-refractivity contribution is 0.0888. The maximum absolute atomic E-state index is 5.90. The van der Waals surface area contributed by atoms with Crippen LogP contribution in [0.5, 0.6) is 0 Å². The minimum atomic E-state index is 0. The molecule has 1 aliphatic rings. The second-order valence-corrected chi connectivity index (χ2v) is 6.34. The molecular formula is C18H29ClIN3O2. The number of rotatable bonds is 9. The van der Waals surface area contributed by atoms with Crippen LogP contribution in [0.4, 0.5) is 0 Å². The van der Waals surface area contributed by atoms with E-state index in [0.29, 0.717) is 12.5 Å². The van der Waals surface area contributed by atoms with Crippen LogP contribution in [-0.2, 0) is 16.0 Å². The van der Waals surface area contributed by atoms with Gasteiger partial charge in [-0.15, -0.1) is 24.0 Å². The SMILES string of the molecule is CCNC(=NCc1ccc(Cl)cc1)NCCCOCC1CCOC1.I. The average Bonchev–Trinajstić information content (AvgIpc) is 3.10. The molecule has 0 spiro atoms. The molecular weight excluding hydrogens is 453 g/mol. The lowest BCUT2D eigenvalue weighted by Crippen LogP contribution is -2.38. The number of aliphatic imine (C=N–C) groups is 1. The highest BCUT2D eigenvalue weighted by molar-refractivity contribution is 14.0. The molecule has 1 atom stereocenters. The molecule has 5 nitrogen and oxygen atoms in total. The fourth-order valence-electron chi connectivity index (χ4n) is 2.45. The van der Waals surface area contributed by atoms with Crippen molar-refractivity contribution in [1.29, 1.82) is 0 Å². The minimum absolute atomic E-state index is 0. The average molecular weight is 482 g/mol. The van der Waals surface area contributed by atoms with Crippen molar-refractivity contribution in [3.05, 3.63) is 34.9 Å². The van der Waals surface area contributed by atoms with Gasteiger partial charge in [-0.05, 0) is 37.5 Å². The second-order valence-electron chi connectivity index (χ2n) is 5.91. The third-order valence-corrected chi connectivity index (χ3v) is 4.06. The normalized spacial score (nSPS) is 17.2. The molecule has 1 saturated heterocycles. The molecule has 0 amide bonds. The summed E-state index contributed by atoms with van der Waals surface area (Å²) in [5, 5.41) is 7.34. The van der Waals surface area contributed by atoms with Crippen molar-refractivity contribution in [2.75, 3.05) is 39.5 Å². The number of halogens is 2. The first-order chi connectivity index (χ1) is 11.8. The number of ether oxygens (including phenoxy) is 2. The van der Waals surface area contributed by atoms with Crippen molar-refractivity contribution in [3.63, 3.8) is 0 Å². The zero-order valence-electron chi connectivity index (χ0n) is 14.8. The van der Waals surface area contributed by atoms with Crippen LogP contribution in [-0.4, -0.2) is 45.5 Å². The maximum Gasteiger partial charge on any atom is 0.191 e. The Bertz CT molecular complexity index is 494. The topological polar surface area (TPSA) is 54.9 Å². The summed E-state index contributed by atoms with van der Waals surface area (Å²) in [6, 6.07) is 7.77. The summed E-state index contributed by atoms with van der Waals surface area (Å²) >= 11 is 5.90. The van der Waals surface area contributed by atoms with Crippen molar-refractivity contribution in [1.82, 2.24) is 10.6 Å². The predicted octanol–water partition coefficient (Wildman–Crippen LogP) is 3.46. The zero-order valence-corrected chi connectivity index (χ0v) is 17.9. The molecule has 1 fully saturated rings. The molecule has 1 aliphatic heterocycles. The van der Waals surface area contributed by atoms with Gasteiger partial charge in [0.2, 0.25) is 0 Å². The van der Waals surface area contributed by atoms with E-state index in [-0.39, 0.29) is 24.0 Å². The van der Waals surface area contributed by atoms with E-state index in [1.807, 2.05) is 24.3 Å². The molecule has 1 aromatic carbocycles. The first-order valence-corrected chi connectivity index (χ1v) is 9.08. The Balaban J connectivity index is 0.00000312. The summed E-state index contributed by atoms with van der Waals surface area (Å²) in [6.07, 6.45) is 2.08. The Kier molecular flexibility index (Phi) is 12.2. The molecule has 0 aliphatic carbocycles. The van der Waals surface area contributed by atoms with Crippen molar-refractivity contribution in [3.8, 4) is 0 Å². The lowest BCUT2D eigenvalue weighted by atomic mass is 10.1. The van der Waals surface area contributed by atoms with Crippen LogP contribution in [0.3, 0.4) is 0 Å². The van der Waals surface area contributed by atoms with Crippen LogP contribution in [0.1, 0.15) is 25.3 Å². The van der Waals surface area contributed by atoms with E-state index in [2.05, 4.69) is 22.5 Å². The number of hydrogen-bond donors (Lipinski definition) is 2. The highest BCUT2D eigenvalue weighted by Crippen LogP contribution is 2.12. The summed E-state index contributed by atoms with van der Waals surface area (Å²) in [7, 11) is 0. The van der Waals surface area contributed by atoms with Crippen LogP contribution < -0.4 is 10.6 Å². The summed E-state index contributed by atoms with van der Waals surface area (Å²) in [6.45, 7) is 7.67. The summed E-state index contributed by atoms with van der Waals surface area (Å²) in [4.78, 5) is 4.59. The van der Waals surface area contributed by atoms with E-state index >= 15 is 0 Å². The van der Waals surface area contributed by atoms with E-state index in [4.69, 9.17) is 21.1 Å². The van der Waals surface area contributed by atoms with Crippen LogP contribution in [0.2, 0.25) is 5.02 Å². The smallest absolute Gasteiger partial charge is 0.191 e. The fourth-order valence-corrected chi connectivity index (χ4v) is 2.57. The third-order valence-electron chi connectivity index (χ3n) is 3.81. The van der Waals surface area contributed by atoms with Gasteiger partial charge in [0, 0.05) is 37.2 Å². The number of guanidine groups is 1. The van der Waals surface area contributed by atoms with E-state index in [0.717, 1.165) is 68.9 Å². The van der Waals surface area contributed by atoms with Gasteiger partial charge in [0.25, 0.3) is 0 Å². The van der Waals surface area contributed by atoms with Gasteiger partial charge in [0.05, 0.1) is 19.8 Å². The molecule has 2 rings (SSSR count). The molecule has 0 saturated carbocycles. The highest BCUT2D eigenvalue weighted by Gasteiger charge is 2.15. The van der Waals surface area contributed by atoms with Crippen LogP contribution in [0.25, 0.3) is 0 Å². The Morgan fingerprint density at radius 2 is 2.12 bits per heavy atom. The van der Waals surface area contributed by atoms with Gasteiger partial charge in [-0.1, -0.05) is 23.7 Å². The summed E-state index contributed by atoms with van der Waals surface area (Å²) < 4.78 is 11.0. The lowest BCUT2D eigenvalue weighted by Gasteiger charge is -2.12. The van der Waals surface area contributed by atoms with Gasteiger partial charge in [-0.3, -0.25) is 0 Å². The van der Waals surface area contributed by atoms with E-state index in [1.54, 1.807) is 0 Å². The molecule has 142 valence electrons. The third kappa shape index (κ3) is 9.63. The van der Waals surface area contributed by atoms with Crippen LogP contribution in [0, 0.1) is 5.92 Å². The Labute approximate surface area is 172 Å². The van der Waals surface area contributed by atoms with Gasteiger partial charge in [0.15, 0.2) is 5.96 Å². The zero-order chi connectivity index (χ0) is 17.0. The highest BCUT2D eigenvalue weighted by atomic mass is 127. The van der Waals surface area contributed by atoms with Crippen molar-refractivity contribution in [2.24, 2.45) is 10.9 Å². The number of benzene rings is 1. The first-order valence-electron chi connectivity index (χ1n) is 8.70. The van der Waals surface area contributed by atoms with Gasteiger partial charge in [0.1, 0.15) is 0 Å². The van der Waals surface area contributed by atoms with Gasteiger partial charge in [-0.2, -0.15) is 0 Å². The van der Waals surface area contributed by atoms with Crippen LogP contribution in [0.15, 0.2) is 29.3 Å². The molecule has 7 heteroatoms. The van der Waals surface area contributed by atoms with Gasteiger partial charge >= 0.3 is 0 Å². The monoisotopic (exact) mass is 481 g/mol. The van der Waals surface area contributed by atoms with E-state index in [9.17, 15) is 0 Å². The van der Waals surface area contributed by atoms with Crippen molar-refractivity contribution in [2.45, 2.75) is 26.3 Å². The number of hydrogen-bond acceptors (Lipinski definition) is 3. The molecule has 1 heterocycles. The summed E-state index contributed by atoms with van der Waals surface area (Å²) in [5.41, 5.74) is 1.14. The van der Waals surface area contributed by atoms with Crippen molar-refractivity contribution >= 4 is 41.5 Å².